The van der Waals surface area contributed by atoms with E-state index in [-0.39, 0.29) is 17.0 Å². The normalized spacial score (nSPS) is 17.0. The quantitative estimate of drug-likeness (QED) is 0.885. The maximum absolute atomic E-state index is 12.8. The number of carboxylic acids is 1. The maximum Gasteiger partial charge on any atom is 0.335 e. The van der Waals surface area contributed by atoms with Gasteiger partial charge in [-0.15, -0.1) is 0 Å². The second-order valence-corrected chi connectivity index (χ2v) is 6.38. The van der Waals surface area contributed by atoms with Gasteiger partial charge in [-0.3, -0.25) is 9.59 Å². The number of rotatable bonds is 4. The van der Waals surface area contributed by atoms with Gasteiger partial charge in [-0.25, -0.2) is 4.79 Å². The number of aromatic carboxylic acids is 1. The highest BCUT2D eigenvalue weighted by Gasteiger charge is 2.31. The molecule has 1 saturated heterocycles. The largest absolute Gasteiger partial charge is 0.478 e. The van der Waals surface area contributed by atoms with E-state index in [4.69, 9.17) is 5.11 Å². The molecule has 1 unspecified atom stereocenters. The summed E-state index contributed by atoms with van der Waals surface area (Å²) in [7, 11) is 0. The van der Waals surface area contributed by atoms with E-state index in [2.05, 4.69) is 5.32 Å². The van der Waals surface area contributed by atoms with Gasteiger partial charge in [0.25, 0.3) is 5.91 Å². The third-order valence-corrected chi connectivity index (χ3v) is 4.46. The average molecular weight is 352 g/mol. The minimum atomic E-state index is -1.10. The molecule has 1 aliphatic rings. The van der Waals surface area contributed by atoms with Gasteiger partial charge < -0.3 is 15.3 Å². The van der Waals surface area contributed by atoms with E-state index in [1.54, 1.807) is 4.90 Å². The lowest BCUT2D eigenvalue weighted by molar-refractivity contribution is -0.121. The number of benzene rings is 2. The van der Waals surface area contributed by atoms with Crippen LogP contribution >= 0.6 is 0 Å². The van der Waals surface area contributed by atoms with Crippen molar-refractivity contribution >= 4 is 23.5 Å². The molecule has 2 amide bonds. The molecule has 1 aliphatic heterocycles. The van der Waals surface area contributed by atoms with Crippen molar-refractivity contribution in [2.75, 3.05) is 11.4 Å². The molecular formula is C20H20N2O4. The lowest BCUT2D eigenvalue weighted by atomic mass is 10.0. The fraction of sp³-hybridized carbons (Fsp3) is 0.250. The highest BCUT2D eigenvalue weighted by molar-refractivity contribution is 6.03. The van der Waals surface area contributed by atoms with Gasteiger partial charge in [0.15, 0.2) is 0 Å². The molecule has 0 radical (unpaired) electrons. The Bertz CT molecular complexity index is 845. The summed E-state index contributed by atoms with van der Waals surface area (Å²) in [6.07, 6.45) is 1.34. The number of hydrogen-bond acceptors (Lipinski definition) is 3. The topological polar surface area (TPSA) is 86.7 Å². The van der Waals surface area contributed by atoms with Crippen molar-refractivity contribution in [2.24, 2.45) is 0 Å². The molecule has 6 heteroatoms. The first-order chi connectivity index (χ1) is 12.5. The number of carbonyl (C=O) groups excluding carboxylic acids is 2. The third-order valence-electron chi connectivity index (χ3n) is 4.46. The Morgan fingerprint density at radius 1 is 1.12 bits per heavy atom. The highest BCUT2D eigenvalue weighted by Crippen LogP contribution is 2.22. The van der Waals surface area contributed by atoms with Crippen molar-refractivity contribution < 1.29 is 19.5 Å². The summed E-state index contributed by atoms with van der Waals surface area (Å²) in [4.78, 5) is 37.9. The zero-order valence-corrected chi connectivity index (χ0v) is 14.4. The molecule has 2 aromatic rings. The number of nitrogens with one attached hydrogen (secondary N) is 1. The molecule has 0 aromatic heterocycles. The van der Waals surface area contributed by atoms with Crippen molar-refractivity contribution in [2.45, 2.75) is 25.8 Å². The number of carboxylic acid groups (broad SMARTS) is 1. The molecule has 2 aromatic carbocycles. The summed E-state index contributed by atoms with van der Waals surface area (Å²) in [6.45, 7) is 2.60. The molecule has 0 bridgehead atoms. The Labute approximate surface area is 151 Å². The van der Waals surface area contributed by atoms with Crippen LogP contribution in [0.1, 0.15) is 39.1 Å². The molecule has 2 N–H and O–H groups in total. The lowest BCUT2D eigenvalue weighted by Crippen LogP contribution is -2.52. The van der Waals surface area contributed by atoms with Gasteiger partial charge in [0.05, 0.1) is 5.56 Å². The van der Waals surface area contributed by atoms with Crippen LogP contribution < -0.4 is 10.2 Å². The Hall–Kier alpha value is -3.15. The van der Waals surface area contributed by atoms with Crippen molar-refractivity contribution in [3.63, 3.8) is 0 Å². The predicted octanol–water partition coefficient (Wildman–Crippen LogP) is 2.62. The van der Waals surface area contributed by atoms with Gasteiger partial charge in [-0.2, -0.15) is 0 Å². The zero-order chi connectivity index (χ0) is 18.7. The lowest BCUT2D eigenvalue weighted by Gasteiger charge is -2.32. The monoisotopic (exact) mass is 352 g/mol. The number of piperidine rings is 1. The van der Waals surface area contributed by atoms with E-state index in [1.807, 2.05) is 31.2 Å². The van der Waals surface area contributed by atoms with Crippen molar-refractivity contribution in [3.05, 3.63) is 65.2 Å². The highest BCUT2D eigenvalue weighted by atomic mass is 16.4. The van der Waals surface area contributed by atoms with Gasteiger partial charge in [-0.1, -0.05) is 23.8 Å². The molecule has 1 heterocycles. The SMILES string of the molecule is Cc1ccc(N2CCCC(NC(=O)c3cccc(C(=O)O)c3)C2=O)cc1. The van der Waals surface area contributed by atoms with E-state index in [9.17, 15) is 14.4 Å². The van der Waals surface area contributed by atoms with E-state index in [0.717, 1.165) is 17.7 Å². The van der Waals surface area contributed by atoms with Crippen molar-refractivity contribution in [1.29, 1.82) is 0 Å². The Balaban J connectivity index is 1.74. The van der Waals surface area contributed by atoms with Gasteiger partial charge in [-0.05, 0) is 50.1 Å². The maximum atomic E-state index is 12.8. The first kappa shape index (κ1) is 17.7. The van der Waals surface area contributed by atoms with Crippen LogP contribution in [0.4, 0.5) is 5.69 Å². The molecule has 0 aliphatic carbocycles. The smallest absolute Gasteiger partial charge is 0.335 e. The number of amides is 2. The number of carbonyl (C=O) groups is 3. The molecular weight excluding hydrogens is 332 g/mol. The van der Waals surface area contributed by atoms with E-state index in [0.29, 0.717) is 13.0 Å². The fourth-order valence-electron chi connectivity index (χ4n) is 3.03. The number of hydrogen-bond donors (Lipinski definition) is 2. The average Bonchev–Trinajstić information content (AvgIpc) is 2.64. The van der Waals surface area contributed by atoms with Crippen molar-refractivity contribution in [1.82, 2.24) is 5.32 Å². The summed E-state index contributed by atoms with van der Waals surface area (Å²) in [6, 6.07) is 12.8. The molecule has 1 fully saturated rings. The van der Waals surface area contributed by atoms with Crippen molar-refractivity contribution in [3.8, 4) is 0 Å². The van der Waals surface area contributed by atoms with Crippen LogP contribution in [0.25, 0.3) is 0 Å². The van der Waals surface area contributed by atoms with Crippen LogP contribution in [-0.2, 0) is 4.79 Å². The fourth-order valence-corrected chi connectivity index (χ4v) is 3.03. The van der Waals surface area contributed by atoms with Crippen LogP contribution in [0.3, 0.4) is 0 Å². The van der Waals surface area contributed by atoms with Crippen LogP contribution in [0, 0.1) is 6.92 Å². The van der Waals surface area contributed by atoms with Gasteiger partial charge in [0.2, 0.25) is 5.91 Å². The number of aryl methyl sites for hydroxylation is 1. The molecule has 26 heavy (non-hydrogen) atoms. The van der Waals surface area contributed by atoms with E-state index < -0.39 is 17.9 Å². The van der Waals surface area contributed by atoms with Crippen LogP contribution in [0.2, 0.25) is 0 Å². The standard InChI is InChI=1S/C20H20N2O4/c1-13-7-9-16(10-8-13)22-11-3-6-17(19(22)24)21-18(23)14-4-2-5-15(12-14)20(25)26/h2,4-5,7-10,12,17H,3,6,11H2,1H3,(H,21,23)(H,25,26). The van der Waals surface area contributed by atoms with Crippen LogP contribution in [0.15, 0.2) is 48.5 Å². The molecule has 3 rings (SSSR count). The van der Waals surface area contributed by atoms with E-state index >= 15 is 0 Å². The molecule has 1 atom stereocenters. The Kier molecular flexibility index (Phi) is 5.02. The first-order valence-electron chi connectivity index (χ1n) is 8.48. The predicted molar refractivity (Wildman–Crippen MR) is 97.4 cm³/mol. The Morgan fingerprint density at radius 3 is 2.50 bits per heavy atom. The second kappa shape index (κ2) is 7.39. The summed E-state index contributed by atoms with van der Waals surface area (Å²) < 4.78 is 0. The summed E-state index contributed by atoms with van der Waals surface area (Å²) in [5, 5.41) is 11.8. The number of nitrogens with zero attached hydrogens (tertiary/aromatic N) is 1. The minimum Gasteiger partial charge on any atom is -0.478 e. The van der Waals surface area contributed by atoms with Crippen LogP contribution in [-0.4, -0.2) is 35.5 Å². The molecule has 0 spiro atoms. The summed E-state index contributed by atoms with van der Waals surface area (Å²) in [5.41, 5.74) is 2.19. The second-order valence-electron chi connectivity index (χ2n) is 6.38. The van der Waals surface area contributed by atoms with Gasteiger partial charge in [0.1, 0.15) is 6.04 Å². The summed E-state index contributed by atoms with van der Waals surface area (Å²) >= 11 is 0. The summed E-state index contributed by atoms with van der Waals surface area (Å²) in [5.74, 6) is -1.70. The van der Waals surface area contributed by atoms with Gasteiger partial charge in [0, 0.05) is 17.8 Å². The van der Waals surface area contributed by atoms with Crippen LogP contribution in [0.5, 0.6) is 0 Å². The molecule has 134 valence electrons. The van der Waals surface area contributed by atoms with Gasteiger partial charge >= 0.3 is 5.97 Å². The first-order valence-corrected chi connectivity index (χ1v) is 8.48. The number of anilines is 1. The molecule has 6 nitrogen and oxygen atoms in total. The minimum absolute atomic E-state index is 0.0360. The Morgan fingerprint density at radius 2 is 1.81 bits per heavy atom. The van der Waals surface area contributed by atoms with E-state index in [1.165, 1.54) is 24.3 Å². The zero-order valence-electron chi connectivity index (χ0n) is 14.4. The third kappa shape index (κ3) is 3.74. The molecule has 0 saturated carbocycles.